The number of methoxy groups -OCH3 is 1. The SMILES string of the molecule is CCC1(CC)CC(NC(=O)CN(c2cc([N+](=O)[O-])ccc2OC)S(C)(=O)=O)c2ccccc2O1. The lowest BCUT2D eigenvalue weighted by atomic mass is 9.83. The van der Waals surface area contributed by atoms with E-state index in [0.717, 1.165) is 35.0 Å². The normalized spacial score (nSPS) is 16.6. The van der Waals surface area contributed by atoms with Crippen molar-refractivity contribution in [3.8, 4) is 11.5 Å². The molecule has 1 N–H and O–H groups in total. The van der Waals surface area contributed by atoms with E-state index in [9.17, 15) is 23.3 Å². The molecule has 11 heteroatoms. The second-order valence-electron chi connectivity index (χ2n) is 8.24. The zero-order valence-corrected chi connectivity index (χ0v) is 20.4. The highest BCUT2D eigenvalue weighted by molar-refractivity contribution is 7.92. The van der Waals surface area contributed by atoms with E-state index in [1.165, 1.54) is 19.2 Å². The molecule has 0 aliphatic carbocycles. The molecule has 1 aliphatic heterocycles. The lowest BCUT2D eigenvalue weighted by molar-refractivity contribution is -0.384. The van der Waals surface area contributed by atoms with Crippen LogP contribution in [0, 0.1) is 10.1 Å². The van der Waals surface area contributed by atoms with Crippen molar-refractivity contribution in [1.82, 2.24) is 5.32 Å². The largest absolute Gasteiger partial charge is 0.495 e. The number of benzene rings is 2. The van der Waals surface area contributed by atoms with Gasteiger partial charge >= 0.3 is 0 Å². The van der Waals surface area contributed by atoms with Gasteiger partial charge in [-0.05, 0) is 25.0 Å². The highest BCUT2D eigenvalue weighted by Crippen LogP contribution is 2.42. The Kier molecular flexibility index (Phi) is 7.35. The first-order valence-electron chi connectivity index (χ1n) is 10.9. The number of amides is 1. The highest BCUT2D eigenvalue weighted by Gasteiger charge is 2.39. The number of hydrogen-bond acceptors (Lipinski definition) is 7. The number of fused-ring (bicyclic) bond motifs is 1. The van der Waals surface area contributed by atoms with Gasteiger partial charge in [0.2, 0.25) is 15.9 Å². The number of nitro benzene ring substituents is 1. The van der Waals surface area contributed by atoms with Crippen LogP contribution in [0.25, 0.3) is 0 Å². The van der Waals surface area contributed by atoms with E-state index in [2.05, 4.69) is 5.32 Å². The van der Waals surface area contributed by atoms with Crippen LogP contribution in [-0.4, -0.2) is 44.8 Å². The number of anilines is 1. The number of nitrogens with zero attached hydrogens (tertiary/aromatic N) is 2. The molecule has 0 bridgehead atoms. The van der Waals surface area contributed by atoms with Gasteiger partial charge in [-0.3, -0.25) is 19.2 Å². The lowest BCUT2D eigenvalue weighted by Crippen LogP contribution is -2.47. The Hall–Kier alpha value is -3.34. The molecule has 1 unspecified atom stereocenters. The molecule has 1 amide bonds. The maximum Gasteiger partial charge on any atom is 0.271 e. The van der Waals surface area contributed by atoms with Crippen LogP contribution in [0.4, 0.5) is 11.4 Å². The van der Waals surface area contributed by atoms with Crippen LogP contribution in [0.15, 0.2) is 42.5 Å². The summed E-state index contributed by atoms with van der Waals surface area (Å²) in [4.78, 5) is 23.7. The molecule has 10 nitrogen and oxygen atoms in total. The average Bonchev–Trinajstić information content (AvgIpc) is 2.81. The summed E-state index contributed by atoms with van der Waals surface area (Å²) in [5.41, 5.74) is -0.0455. The van der Waals surface area contributed by atoms with Crippen LogP contribution < -0.4 is 19.1 Å². The second kappa shape index (κ2) is 9.88. The lowest BCUT2D eigenvalue weighted by Gasteiger charge is -2.41. The van der Waals surface area contributed by atoms with Crippen molar-refractivity contribution in [2.75, 3.05) is 24.2 Å². The summed E-state index contributed by atoms with van der Waals surface area (Å²) in [5.74, 6) is 0.223. The Morgan fingerprint density at radius 3 is 2.53 bits per heavy atom. The van der Waals surface area contributed by atoms with Crippen molar-refractivity contribution in [2.24, 2.45) is 0 Å². The number of rotatable bonds is 9. The molecule has 0 radical (unpaired) electrons. The summed E-state index contributed by atoms with van der Waals surface area (Å²) in [5, 5.41) is 14.2. The number of para-hydroxylation sites is 1. The zero-order chi connectivity index (χ0) is 25.1. The fourth-order valence-electron chi connectivity index (χ4n) is 4.17. The summed E-state index contributed by atoms with van der Waals surface area (Å²) in [6.45, 7) is 3.48. The highest BCUT2D eigenvalue weighted by atomic mass is 32.2. The Bertz CT molecular complexity index is 1180. The molecule has 1 heterocycles. The van der Waals surface area contributed by atoms with Gasteiger partial charge in [0.25, 0.3) is 5.69 Å². The molecule has 1 aliphatic rings. The minimum Gasteiger partial charge on any atom is -0.495 e. The molecule has 1 atom stereocenters. The van der Waals surface area contributed by atoms with Gasteiger partial charge in [0.15, 0.2) is 0 Å². The molecule has 0 spiro atoms. The van der Waals surface area contributed by atoms with E-state index in [-0.39, 0.29) is 23.2 Å². The van der Waals surface area contributed by atoms with E-state index in [1.54, 1.807) is 0 Å². The summed E-state index contributed by atoms with van der Waals surface area (Å²) in [6, 6.07) is 10.6. The van der Waals surface area contributed by atoms with E-state index >= 15 is 0 Å². The molecule has 0 saturated heterocycles. The van der Waals surface area contributed by atoms with Gasteiger partial charge < -0.3 is 14.8 Å². The van der Waals surface area contributed by atoms with E-state index < -0.39 is 33.0 Å². The fraction of sp³-hybridized carbons (Fsp3) is 0.435. The number of nitrogens with one attached hydrogen (secondary N) is 1. The number of carbonyl (C=O) groups is 1. The Balaban J connectivity index is 1.93. The molecule has 0 saturated carbocycles. The minimum atomic E-state index is -3.98. The molecule has 2 aromatic carbocycles. The maximum absolute atomic E-state index is 13.1. The third kappa shape index (κ3) is 5.24. The molecular formula is C23H29N3O7S. The van der Waals surface area contributed by atoms with Crippen molar-refractivity contribution in [3.05, 3.63) is 58.1 Å². The van der Waals surface area contributed by atoms with E-state index in [0.29, 0.717) is 12.2 Å². The van der Waals surface area contributed by atoms with Crippen LogP contribution >= 0.6 is 0 Å². The van der Waals surface area contributed by atoms with Crippen molar-refractivity contribution in [2.45, 2.75) is 44.8 Å². The standard InChI is InChI=1S/C23H29N3O7S/c1-5-23(6-2)14-18(17-9-7-8-10-20(17)33-23)24-22(27)15-25(34(4,30)31)19-13-16(26(28)29)11-12-21(19)32-3/h7-13,18H,5-6,14-15H2,1-4H3,(H,24,27). The topological polar surface area (TPSA) is 128 Å². The molecular weight excluding hydrogens is 462 g/mol. The van der Waals surface area contributed by atoms with Crippen LogP contribution in [-0.2, 0) is 14.8 Å². The van der Waals surface area contributed by atoms with Crippen LogP contribution in [0.3, 0.4) is 0 Å². The predicted octanol–water partition coefficient (Wildman–Crippen LogP) is 3.57. The fourth-order valence-corrected chi connectivity index (χ4v) is 5.02. The van der Waals surface area contributed by atoms with E-state index in [1.807, 2.05) is 38.1 Å². The van der Waals surface area contributed by atoms with Crippen LogP contribution in [0.5, 0.6) is 11.5 Å². The Morgan fingerprint density at radius 1 is 1.26 bits per heavy atom. The van der Waals surface area contributed by atoms with Crippen molar-refractivity contribution < 1.29 is 27.6 Å². The van der Waals surface area contributed by atoms with Gasteiger partial charge in [0.1, 0.15) is 29.3 Å². The first kappa shape index (κ1) is 25.3. The molecule has 3 rings (SSSR count). The summed E-state index contributed by atoms with van der Waals surface area (Å²) in [7, 11) is -2.66. The van der Waals surface area contributed by atoms with Crippen molar-refractivity contribution in [3.63, 3.8) is 0 Å². The first-order chi connectivity index (χ1) is 16.0. The second-order valence-corrected chi connectivity index (χ2v) is 10.1. The number of hydrogen-bond donors (Lipinski definition) is 1. The number of nitro groups is 1. The third-order valence-electron chi connectivity index (χ3n) is 6.15. The summed E-state index contributed by atoms with van der Waals surface area (Å²) >= 11 is 0. The molecule has 0 fully saturated rings. The zero-order valence-electron chi connectivity index (χ0n) is 19.6. The van der Waals surface area contributed by atoms with Gasteiger partial charge in [-0.1, -0.05) is 32.0 Å². The van der Waals surface area contributed by atoms with Crippen LogP contribution in [0.1, 0.15) is 44.7 Å². The number of ether oxygens (including phenoxy) is 2. The number of carbonyl (C=O) groups excluding carboxylic acids is 1. The summed E-state index contributed by atoms with van der Waals surface area (Å²) in [6.07, 6.45) is 2.94. The quantitative estimate of drug-likeness (QED) is 0.419. The van der Waals surface area contributed by atoms with Gasteiger partial charge in [0, 0.05) is 24.1 Å². The molecule has 184 valence electrons. The molecule has 0 aromatic heterocycles. The Labute approximate surface area is 199 Å². The van der Waals surface area contributed by atoms with Crippen molar-refractivity contribution >= 4 is 27.3 Å². The number of sulfonamides is 1. The van der Waals surface area contributed by atoms with E-state index in [4.69, 9.17) is 9.47 Å². The first-order valence-corrected chi connectivity index (χ1v) is 12.8. The van der Waals surface area contributed by atoms with Crippen LogP contribution in [0.2, 0.25) is 0 Å². The van der Waals surface area contributed by atoms with Gasteiger partial charge in [0.05, 0.1) is 24.3 Å². The third-order valence-corrected chi connectivity index (χ3v) is 7.28. The average molecular weight is 492 g/mol. The summed E-state index contributed by atoms with van der Waals surface area (Å²) < 4.78 is 37.5. The monoisotopic (exact) mass is 491 g/mol. The molecule has 2 aromatic rings. The Morgan fingerprint density at radius 2 is 1.94 bits per heavy atom. The number of non-ortho nitro benzene ring substituents is 1. The minimum absolute atomic E-state index is 0.0850. The maximum atomic E-state index is 13.1. The van der Waals surface area contributed by atoms with Crippen molar-refractivity contribution in [1.29, 1.82) is 0 Å². The van der Waals surface area contributed by atoms with Gasteiger partial charge in [-0.2, -0.15) is 0 Å². The predicted molar refractivity (Wildman–Crippen MR) is 128 cm³/mol. The van der Waals surface area contributed by atoms with Gasteiger partial charge in [-0.15, -0.1) is 0 Å². The van der Waals surface area contributed by atoms with Gasteiger partial charge in [-0.25, -0.2) is 8.42 Å². The smallest absolute Gasteiger partial charge is 0.271 e. The molecule has 34 heavy (non-hydrogen) atoms.